The van der Waals surface area contributed by atoms with Crippen molar-refractivity contribution in [3.05, 3.63) is 16.5 Å². The van der Waals surface area contributed by atoms with E-state index in [0.717, 1.165) is 17.2 Å². The van der Waals surface area contributed by atoms with Crippen LogP contribution in [0.2, 0.25) is 5.02 Å². The van der Waals surface area contributed by atoms with Gasteiger partial charge in [-0.05, 0) is 13.5 Å². The molecule has 0 spiro atoms. The summed E-state index contributed by atoms with van der Waals surface area (Å²) in [7, 11) is 0. The summed E-state index contributed by atoms with van der Waals surface area (Å²) in [4.78, 5) is 3.06. The minimum absolute atomic E-state index is 0. The number of aromatic amines is 1. The maximum Gasteiger partial charge on any atom is 0.174 e. The van der Waals surface area contributed by atoms with Crippen LogP contribution < -0.4 is 5.73 Å². The van der Waals surface area contributed by atoms with E-state index in [0.29, 0.717) is 18.0 Å². The molecule has 0 saturated heterocycles. The molecule has 2 aromatic heterocycles. The van der Waals surface area contributed by atoms with Crippen LogP contribution in [0.5, 0.6) is 0 Å². The standard InChI is InChI=1S/C7H10ClN5.2ClH/c1-4-6(8)7-10-5(2-3-9)12-13(7)11-4;;/h2-3,9H2,1H3,(H,10,12);2*1H. The molecule has 0 radical (unpaired) electrons. The van der Waals surface area contributed by atoms with Gasteiger partial charge in [-0.1, -0.05) is 11.6 Å². The number of rotatable bonds is 2. The lowest BCUT2D eigenvalue weighted by atomic mass is 10.4. The van der Waals surface area contributed by atoms with Crippen molar-refractivity contribution in [1.29, 1.82) is 0 Å². The molecule has 15 heavy (non-hydrogen) atoms. The summed E-state index contributed by atoms with van der Waals surface area (Å²) in [6, 6.07) is 0. The molecule has 0 fully saturated rings. The van der Waals surface area contributed by atoms with Crippen molar-refractivity contribution in [3.8, 4) is 0 Å². The highest BCUT2D eigenvalue weighted by Crippen LogP contribution is 2.18. The average Bonchev–Trinajstić information content (AvgIpc) is 2.56. The van der Waals surface area contributed by atoms with E-state index >= 15 is 0 Å². The predicted octanol–water partition coefficient (Wildman–Crippen LogP) is 1.36. The minimum Gasteiger partial charge on any atom is -0.330 e. The fourth-order valence-corrected chi connectivity index (χ4v) is 1.36. The molecule has 2 aromatic rings. The first-order chi connectivity index (χ1) is 6.22. The molecular formula is C7H12Cl3N5. The number of fused-ring (bicyclic) bond motifs is 1. The van der Waals surface area contributed by atoms with Crippen LogP contribution in [-0.2, 0) is 6.42 Å². The van der Waals surface area contributed by atoms with Gasteiger partial charge in [0, 0.05) is 6.42 Å². The monoisotopic (exact) mass is 271 g/mol. The molecule has 0 saturated carbocycles. The Labute approximate surface area is 104 Å². The highest BCUT2D eigenvalue weighted by molar-refractivity contribution is 6.34. The van der Waals surface area contributed by atoms with Crippen LogP contribution in [-0.4, -0.2) is 26.4 Å². The van der Waals surface area contributed by atoms with Gasteiger partial charge in [0.25, 0.3) is 0 Å². The molecule has 0 bridgehead atoms. The second kappa shape index (κ2) is 5.55. The summed E-state index contributed by atoms with van der Waals surface area (Å²) >= 11 is 5.97. The zero-order valence-corrected chi connectivity index (χ0v) is 10.4. The molecule has 5 nitrogen and oxygen atoms in total. The number of hydrogen-bond acceptors (Lipinski definition) is 3. The molecule has 0 aliphatic heterocycles. The van der Waals surface area contributed by atoms with Crippen LogP contribution in [0, 0.1) is 6.92 Å². The molecule has 2 heterocycles. The van der Waals surface area contributed by atoms with E-state index in [1.807, 2.05) is 6.92 Å². The quantitative estimate of drug-likeness (QED) is 0.867. The SMILES string of the molecule is Cc1nn2nc(CCN)[nH]c2c1Cl.Cl.Cl. The lowest BCUT2D eigenvalue weighted by molar-refractivity contribution is 0.766. The van der Waals surface area contributed by atoms with Crippen molar-refractivity contribution in [2.24, 2.45) is 5.73 Å². The lowest BCUT2D eigenvalue weighted by Gasteiger charge is -1.87. The third-order valence-electron chi connectivity index (χ3n) is 1.83. The molecule has 0 aliphatic carbocycles. The number of aromatic nitrogens is 4. The molecule has 0 atom stereocenters. The normalized spacial score (nSPS) is 9.80. The molecule has 2 rings (SSSR count). The van der Waals surface area contributed by atoms with Crippen LogP contribution in [0.3, 0.4) is 0 Å². The number of nitrogens with zero attached hydrogens (tertiary/aromatic N) is 3. The Morgan fingerprint density at radius 1 is 1.40 bits per heavy atom. The maximum atomic E-state index is 5.97. The zero-order valence-electron chi connectivity index (χ0n) is 8.03. The Morgan fingerprint density at radius 2 is 2.07 bits per heavy atom. The summed E-state index contributed by atoms with van der Waals surface area (Å²) < 4.78 is 1.50. The van der Waals surface area contributed by atoms with Crippen molar-refractivity contribution in [2.75, 3.05) is 6.54 Å². The molecule has 0 amide bonds. The molecule has 0 aliphatic rings. The van der Waals surface area contributed by atoms with Gasteiger partial charge in [0.1, 0.15) is 10.8 Å². The van der Waals surface area contributed by atoms with E-state index in [1.54, 1.807) is 0 Å². The Morgan fingerprint density at radius 3 is 2.60 bits per heavy atom. The van der Waals surface area contributed by atoms with Crippen molar-refractivity contribution >= 4 is 42.1 Å². The van der Waals surface area contributed by atoms with Gasteiger partial charge in [-0.25, -0.2) is 0 Å². The van der Waals surface area contributed by atoms with Gasteiger partial charge in [0.2, 0.25) is 0 Å². The lowest BCUT2D eigenvalue weighted by Crippen LogP contribution is -2.04. The first-order valence-corrected chi connectivity index (χ1v) is 4.40. The van der Waals surface area contributed by atoms with E-state index < -0.39 is 0 Å². The third-order valence-corrected chi connectivity index (χ3v) is 2.28. The summed E-state index contributed by atoms with van der Waals surface area (Å²) in [5, 5.41) is 8.91. The van der Waals surface area contributed by atoms with E-state index in [1.165, 1.54) is 4.63 Å². The van der Waals surface area contributed by atoms with Crippen molar-refractivity contribution in [1.82, 2.24) is 19.8 Å². The van der Waals surface area contributed by atoms with Gasteiger partial charge >= 0.3 is 0 Å². The van der Waals surface area contributed by atoms with Gasteiger partial charge < -0.3 is 10.7 Å². The van der Waals surface area contributed by atoms with Gasteiger partial charge in [-0.2, -0.15) is 5.10 Å². The summed E-state index contributed by atoms with van der Waals surface area (Å²) in [6.07, 6.45) is 0.707. The second-order valence-corrected chi connectivity index (χ2v) is 3.23. The van der Waals surface area contributed by atoms with Crippen molar-refractivity contribution < 1.29 is 0 Å². The van der Waals surface area contributed by atoms with Gasteiger partial charge in [0.05, 0.1) is 5.69 Å². The average molecular weight is 273 g/mol. The molecule has 0 aromatic carbocycles. The smallest absolute Gasteiger partial charge is 0.174 e. The zero-order chi connectivity index (χ0) is 9.42. The highest BCUT2D eigenvalue weighted by Gasteiger charge is 2.10. The van der Waals surface area contributed by atoms with Crippen LogP contribution in [0.25, 0.3) is 5.65 Å². The van der Waals surface area contributed by atoms with Crippen LogP contribution in [0.4, 0.5) is 0 Å². The van der Waals surface area contributed by atoms with E-state index in [-0.39, 0.29) is 24.8 Å². The van der Waals surface area contributed by atoms with Crippen molar-refractivity contribution in [2.45, 2.75) is 13.3 Å². The largest absolute Gasteiger partial charge is 0.330 e. The molecule has 86 valence electrons. The maximum absolute atomic E-state index is 5.97. The third kappa shape index (κ3) is 2.55. The summed E-state index contributed by atoms with van der Waals surface area (Å²) in [5.41, 5.74) is 6.91. The van der Waals surface area contributed by atoms with E-state index in [2.05, 4.69) is 15.2 Å². The Balaban J connectivity index is 0.000000980. The predicted molar refractivity (Wildman–Crippen MR) is 64.3 cm³/mol. The molecule has 8 heteroatoms. The van der Waals surface area contributed by atoms with Crippen LogP contribution >= 0.6 is 36.4 Å². The number of nitrogens with two attached hydrogens (primary N) is 1. The van der Waals surface area contributed by atoms with E-state index in [4.69, 9.17) is 17.3 Å². The van der Waals surface area contributed by atoms with Gasteiger partial charge in [-0.3, -0.25) is 0 Å². The van der Waals surface area contributed by atoms with Gasteiger partial charge in [-0.15, -0.1) is 34.5 Å². The number of aryl methyl sites for hydroxylation is 1. The number of nitrogens with one attached hydrogen (secondary N) is 1. The number of hydrogen-bond donors (Lipinski definition) is 2. The molecule has 0 unspecified atom stereocenters. The van der Waals surface area contributed by atoms with Crippen LogP contribution in [0.1, 0.15) is 11.5 Å². The second-order valence-electron chi connectivity index (χ2n) is 2.85. The minimum atomic E-state index is 0. The number of halogens is 3. The summed E-state index contributed by atoms with van der Waals surface area (Å²) in [6.45, 7) is 2.40. The fourth-order valence-electron chi connectivity index (χ4n) is 1.20. The highest BCUT2D eigenvalue weighted by atomic mass is 35.5. The van der Waals surface area contributed by atoms with Gasteiger partial charge in [0.15, 0.2) is 5.65 Å². The Hall–Kier alpha value is -0.490. The molecular weight excluding hydrogens is 260 g/mol. The molecule has 3 N–H and O–H groups in total. The van der Waals surface area contributed by atoms with Crippen molar-refractivity contribution in [3.63, 3.8) is 0 Å². The van der Waals surface area contributed by atoms with E-state index in [9.17, 15) is 0 Å². The van der Waals surface area contributed by atoms with Crippen LogP contribution in [0.15, 0.2) is 0 Å². The number of H-pyrrole nitrogens is 1. The topological polar surface area (TPSA) is 72.0 Å². The Bertz CT molecular complexity index is 435. The first kappa shape index (κ1) is 14.5. The Kier molecular flexibility index (Phi) is 5.37. The fraction of sp³-hybridized carbons (Fsp3) is 0.429. The first-order valence-electron chi connectivity index (χ1n) is 4.02. The summed E-state index contributed by atoms with van der Waals surface area (Å²) in [5.74, 6) is 0.812.